The van der Waals surface area contributed by atoms with Crippen LogP contribution in [0.5, 0.6) is 0 Å². The smallest absolute Gasteiger partial charge is 0.303 e. The Hall–Kier alpha value is -2.41. The van der Waals surface area contributed by atoms with Gasteiger partial charge in [-0.15, -0.1) is 5.10 Å². The third-order valence-corrected chi connectivity index (χ3v) is 7.32. The summed E-state index contributed by atoms with van der Waals surface area (Å²) in [5, 5.41) is 21.8. The van der Waals surface area contributed by atoms with Crippen molar-refractivity contribution in [3.63, 3.8) is 0 Å². The van der Waals surface area contributed by atoms with Gasteiger partial charge in [-0.2, -0.15) is 0 Å². The topological polar surface area (TPSA) is 97.1 Å². The number of aromatic nitrogens is 3. The average Bonchev–Trinajstić information content (AvgIpc) is 3.48. The maximum absolute atomic E-state index is 12.9. The summed E-state index contributed by atoms with van der Waals surface area (Å²) >= 11 is 6.29. The van der Waals surface area contributed by atoms with Crippen LogP contribution < -0.4 is 5.32 Å². The van der Waals surface area contributed by atoms with E-state index in [0.29, 0.717) is 34.9 Å². The van der Waals surface area contributed by atoms with E-state index < -0.39 is 5.97 Å². The van der Waals surface area contributed by atoms with E-state index in [1.54, 1.807) is 12.1 Å². The molecule has 2 aromatic rings. The van der Waals surface area contributed by atoms with Gasteiger partial charge in [0, 0.05) is 24.7 Å². The fourth-order valence-corrected chi connectivity index (χ4v) is 5.46. The number of amides is 1. The van der Waals surface area contributed by atoms with E-state index in [4.69, 9.17) is 11.6 Å². The number of nitrogens with one attached hydrogen (secondary N) is 1. The fourth-order valence-electron chi connectivity index (χ4n) is 5.18. The lowest BCUT2D eigenvalue weighted by Gasteiger charge is -2.36. The van der Waals surface area contributed by atoms with Gasteiger partial charge in [0.1, 0.15) is 0 Å². The Kier molecular flexibility index (Phi) is 7.60. The van der Waals surface area contributed by atoms with Crippen molar-refractivity contribution in [2.24, 2.45) is 11.8 Å². The van der Waals surface area contributed by atoms with Crippen molar-refractivity contribution in [1.82, 2.24) is 15.0 Å². The van der Waals surface area contributed by atoms with Crippen LogP contribution in [-0.4, -0.2) is 32.0 Å². The summed E-state index contributed by atoms with van der Waals surface area (Å²) in [4.78, 5) is 24.3. The summed E-state index contributed by atoms with van der Waals surface area (Å²) in [6.07, 6.45) is 6.15. The molecule has 1 amide bonds. The molecule has 2 saturated carbocycles. The van der Waals surface area contributed by atoms with Crippen LogP contribution in [0.1, 0.15) is 100 Å². The summed E-state index contributed by atoms with van der Waals surface area (Å²) in [7, 11) is 0. The van der Waals surface area contributed by atoms with Crippen molar-refractivity contribution in [3.8, 4) is 0 Å². The molecular weight excluding hydrogens is 452 g/mol. The van der Waals surface area contributed by atoms with Crippen LogP contribution in [0.2, 0.25) is 5.02 Å². The van der Waals surface area contributed by atoms with E-state index in [-0.39, 0.29) is 24.8 Å². The Labute approximate surface area is 206 Å². The van der Waals surface area contributed by atoms with Crippen molar-refractivity contribution in [2.75, 3.05) is 5.32 Å². The van der Waals surface area contributed by atoms with Gasteiger partial charge in [0.2, 0.25) is 5.91 Å². The minimum atomic E-state index is -0.879. The largest absolute Gasteiger partial charge is 0.481 e. The third kappa shape index (κ3) is 5.98. The molecule has 1 heterocycles. The summed E-state index contributed by atoms with van der Waals surface area (Å²) < 4.78 is 1.88. The number of nitrogens with zero attached hydrogens (tertiary/aromatic N) is 3. The van der Waals surface area contributed by atoms with Gasteiger partial charge in [0.25, 0.3) is 0 Å². The molecule has 2 N–H and O–H groups in total. The van der Waals surface area contributed by atoms with Gasteiger partial charge in [-0.1, -0.05) is 36.7 Å². The molecule has 0 bridgehead atoms. The maximum atomic E-state index is 12.9. The lowest BCUT2D eigenvalue weighted by molar-refractivity contribution is -0.137. The van der Waals surface area contributed by atoms with E-state index in [0.717, 1.165) is 48.6 Å². The monoisotopic (exact) mass is 486 g/mol. The molecule has 184 valence electrons. The second-order valence-electron chi connectivity index (χ2n) is 10.6. The minimum Gasteiger partial charge on any atom is -0.481 e. The average molecular weight is 487 g/mol. The number of carboxylic acids is 1. The third-order valence-electron chi connectivity index (χ3n) is 7.01. The van der Waals surface area contributed by atoms with Gasteiger partial charge in [0.15, 0.2) is 0 Å². The van der Waals surface area contributed by atoms with Gasteiger partial charge in [0.05, 0.1) is 28.1 Å². The van der Waals surface area contributed by atoms with Crippen molar-refractivity contribution >= 4 is 29.2 Å². The van der Waals surface area contributed by atoms with Crippen molar-refractivity contribution in [2.45, 2.75) is 90.0 Å². The molecule has 34 heavy (non-hydrogen) atoms. The molecule has 1 aromatic heterocycles. The quantitative estimate of drug-likeness (QED) is 0.400. The molecule has 7 nitrogen and oxygen atoms in total. The van der Waals surface area contributed by atoms with Crippen LogP contribution in [0.15, 0.2) is 18.2 Å². The molecule has 4 rings (SSSR count). The number of hydrogen-bond acceptors (Lipinski definition) is 4. The molecule has 2 aliphatic carbocycles. The van der Waals surface area contributed by atoms with Gasteiger partial charge in [-0.05, 0) is 75.0 Å². The Bertz CT molecular complexity index is 1040. The van der Waals surface area contributed by atoms with E-state index in [1.807, 2.05) is 17.7 Å². The van der Waals surface area contributed by atoms with E-state index in [2.05, 4.69) is 29.5 Å². The Balaban J connectivity index is 1.52. The SMILES string of the molecule is Cc1ccc(NC(=O)C[C@H](CCC(=O)O)n2nnc([C@H]3C[C@@H](CC(C)C)C3)c2C2CC2)c(Cl)c1. The first-order chi connectivity index (χ1) is 16.2. The van der Waals surface area contributed by atoms with Crippen LogP contribution in [-0.2, 0) is 9.59 Å². The Morgan fingerprint density at radius 2 is 1.97 bits per heavy atom. The number of carbonyl (C=O) groups excluding carboxylic acids is 1. The first kappa shape index (κ1) is 24.7. The predicted octanol–water partition coefficient (Wildman–Crippen LogP) is 6.09. The first-order valence-corrected chi connectivity index (χ1v) is 12.8. The summed E-state index contributed by atoms with van der Waals surface area (Å²) in [5.41, 5.74) is 3.77. The molecule has 8 heteroatoms. The molecule has 2 aliphatic rings. The molecule has 0 spiro atoms. The zero-order valence-electron chi connectivity index (χ0n) is 20.3. The molecule has 1 atom stereocenters. The minimum absolute atomic E-state index is 0.0254. The van der Waals surface area contributed by atoms with Crippen LogP contribution in [0, 0.1) is 18.8 Å². The molecule has 0 aliphatic heterocycles. The Morgan fingerprint density at radius 1 is 1.24 bits per heavy atom. The van der Waals surface area contributed by atoms with Crippen LogP contribution in [0.4, 0.5) is 5.69 Å². The zero-order valence-corrected chi connectivity index (χ0v) is 21.0. The fraction of sp³-hybridized carbons (Fsp3) is 0.615. The first-order valence-electron chi connectivity index (χ1n) is 12.4. The van der Waals surface area contributed by atoms with Crippen LogP contribution in [0.25, 0.3) is 0 Å². The molecule has 2 fully saturated rings. The van der Waals surface area contributed by atoms with Crippen LogP contribution >= 0.6 is 11.6 Å². The van der Waals surface area contributed by atoms with E-state index >= 15 is 0 Å². The second-order valence-corrected chi connectivity index (χ2v) is 11.0. The highest BCUT2D eigenvalue weighted by molar-refractivity contribution is 6.33. The molecule has 0 unspecified atom stereocenters. The lowest BCUT2D eigenvalue weighted by atomic mass is 9.69. The van der Waals surface area contributed by atoms with E-state index in [9.17, 15) is 14.7 Å². The maximum Gasteiger partial charge on any atom is 0.303 e. The number of halogens is 1. The van der Waals surface area contributed by atoms with Gasteiger partial charge < -0.3 is 10.4 Å². The highest BCUT2D eigenvalue weighted by atomic mass is 35.5. The number of benzene rings is 1. The van der Waals surface area contributed by atoms with Gasteiger partial charge in [-0.25, -0.2) is 4.68 Å². The second kappa shape index (κ2) is 10.5. The molecular formula is C26H35ClN4O3. The number of rotatable bonds is 11. The predicted molar refractivity (Wildman–Crippen MR) is 132 cm³/mol. The van der Waals surface area contributed by atoms with Gasteiger partial charge >= 0.3 is 5.97 Å². The zero-order chi connectivity index (χ0) is 24.4. The number of hydrogen-bond donors (Lipinski definition) is 2. The van der Waals surface area contributed by atoms with Crippen LogP contribution in [0.3, 0.4) is 0 Å². The normalized spacial score (nSPS) is 20.7. The van der Waals surface area contributed by atoms with Crippen molar-refractivity contribution in [1.29, 1.82) is 0 Å². The summed E-state index contributed by atoms with van der Waals surface area (Å²) in [6, 6.07) is 5.13. The van der Waals surface area contributed by atoms with Gasteiger partial charge in [-0.3, -0.25) is 9.59 Å². The molecule has 1 aromatic carbocycles. The lowest BCUT2D eigenvalue weighted by Crippen LogP contribution is -2.25. The highest BCUT2D eigenvalue weighted by Gasteiger charge is 2.40. The number of aryl methyl sites for hydroxylation is 1. The Morgan fingerprint density at radius 3 is 2.59 bits per heavy atom. The molecule has 0 saturated heterocycles. The number of aliphatic carboxylic acids is 1. The van der Waals surface area contributed by atoms with Crippen molar-refractivity contribution in [3.05, 3.63) is 40.2 Å². The number of carboxylic acid groups (broad SMARTS) is 1. The number of carbonyl (C=O) groups is 2. The summed E-state index contributed by atoms with van der Waals surface area (Å²) in [5.74, 6) is 1.20. The van der Waals surface area contributed by atoms with E-state index in [1.165, 1.54) is 6.42 Å². The standard InChI is InChI=1S/C26H35ClN4O3/c1-15(2)10-17-12-19(13-17)25-26(18-5-6-18)31(30-29-25)20(7-9-24(33)34)14-23(32)28-22-8-4-16(3)11-21(22)27/h4,8,11,15,17-20H,5-7,9-10,12-14H2,1-3H3,(H,28,32)(H,33,34)/t17-,19+,20-/m0/s1. The number of anilines is 1. The highest BCUT2D eigenvalue weighted by Crippen LogP contribution is 2.50. The van der Waals surface area contributed by atoms with Crippen molar-refractivity contribution < 1.29 is 14.7 Å². The summed E-state index contributed by atoms with van der Waals surface area (Å²) in [6.45, 7) is 6.47. The molecule has 0 radical (unpaired) electrons.